The summed E-state index contributed by atoms with van der Waals surface area (Å²) in [6.45, 7) is 0. The maximum atomic E-state index is 7.64. The summed E-state index contributed by atoms with van der Waals surface area (Å²) in [5, 5.41) is 9.57. The number of hydrogen-bond acceptors (Lipinski definition) is 2. The fourth-order valence-electron chi connectivity index (χ4n) is 0. The van der Waals surface area contributed by atoms with Crippen LogP contribution in [0.25, 0.3) is 0 Å². The molecule has 0 fully saturated rings. The molecule has 0 aliphatic rings. The minimum atomic E-state index is 0. The second-order valence-electron chi connectivity index (χ2n) is 0.236. The van der Waals surface area contributed by atoms with E-state index in [9.17, 15) is 0 Å². The zero-order valence-electron chi connectivity index (χ0n) is 2.36. The van der Waals surface area contributed by atoms with Crippen molar-refractivity contribution in [2.24, 2.45) is 0 Å². The van der Waals surface area contributed by atoms with E-state index in [2.05, 4.69) is 0 Å². The van der Waals surface area contributed by atoms with Crippen molar-refractivity contribution in [3.05, 3.63) is 0 Å². The van der Waals surface area contributed by atoms with Crippen molar-refractivity contribution in [2.75, 3.05) is 0 Å². The summed E-state index contributed by atoms with van der Waals surface area (Å²) in [6, 6.07) is 0. The van der Waals surface area contributed by atoms with Gasteiger partial charge in [-0.15, -0.1) is 0 Å². The molecule has 28 valence electrons. The molecule has 0 saturated heterocycles. The maximum absolute atomic E-state index is 7.64. The van der Waals surface area contributed by atoms with Gasteiger partial charge in [-0.2, -0.15) is 0 Å². The minimum Gasteiger partial charge on any atom is 0 e. The third kappa shape index (κ3) is 10.9. The normalized spacial score (nSPS) is 4.20. The van der Waals surface area contributed by atoms with Crippen LogP contribution in [-0.2, 0) is 41.7 Å². The summed E-state index contributed by atoms with van der Waals surface area (Å²) in [7, 11) is 1.36. The Morgan fingerprint density at radius 2 is 2.00 bits per heavy atom. The zero-order chi connectivity index (χ0) is 3.41. The van der Waals surface area contributed by atoms with Crippen LogP contribution < -0.4 is 0 Å². The molecule has 0 bridgehead atoms. The molecule has 0 aliphatic carbocycles. The van der Waals surface area contributed by atoms with Crippen LogP contribution in [0.5, 0.6) is 0 Å². The maximum Gasteiger partial charge on any atom is 0 e. The Kier molecular flexibility index (Phi) is 17.2. The molecule has 0 saturated carbocycles. The predicted molar refractivity (Wildman–Crippen MR) is 13.2 cm³/mol. The van der Waals surface area contributed by atoms with Gasteiger partial charge in [0.2, 0.25) is 0 Å². The van der Waals surface area contributed by atoms with Gasteiger partial charge in [-0.25, -0.2) is 0 Å². The van der Waals surface area contributed by atoms with Gasteiger partial charge in [0.15, 0.2) is 0 Å². The van der Waals surface area contributed by atoms with Crippen molar-refractivity contribution < 1.29 is 41.7 Å². The van der Waals surface area contributed by atoms with E-state index < -0.39 is 0 Å². The van der Waals surface area contributed by atoms with Gasteiger partial charge in [0.05, 0.1) is 0 Å². The predicted octanol–water partition coefficient (Wildman–Crippen LogP) is 0.660. The monoisotopic (exact) mass is 323 g/mol. The number of nitriles is 1. The molecular weight excluding hydrogens is 322 g/mol. The fraction of sp³-hybridized carbons (Fsp3) is 0. The van der Waals surface area contributed by atoms with Gasteiger partial charge >= 0.3 is 43.5 Å². The van der Waals surface area contributed by atoms with Crippen molar-refractivity contribution in [1.82, 2.24) is 0 Å². The number of hydrogen-bond donors (Lipinski definition) is 0. The molecule has 0 aliphatic heterocycles. The first-order valence-electron chi connectivity index (χ1n) is 0.716. The second-order valence-corrected chi connectivity index (χ2v) is 4.07. The second kappa shape index (κ2) is 9.00. The molecular formula is CCuHgNS. The van der Waals surface area contributed by atoms with Gasteiger partial charge in [0, 0.05) is 17.1 Å². The quantitative estimate of drug-likeness (QED) is 0.483. The average Bonchev–Trinajstić information content (AvgIpc) is 1.37. The SMILES string of the molecule is N#C[S][Hg].[Cu]. The van der Waals surface area contributed by atoms with Crippen molar-refractivity contribution >= 4 is 8.24 Å². The van der Waals surface area contributed by atoms with Crippen LogP contribution in [0, 0.1) is 10.7 Å². The van der Waals surface area contributed by atoms with Crippen LogP contribution >= 0.6 is 8.24 Å². The van der Waals surface area contributed by atoms with Gasteiger partial charge < -0.3 is 0 Å². The first kappa shape index (κ1) is 9.57. The van der Waals surface area contributed by atoms with E-state index in [4.69, 9.17) is 5.26 Å². The van der Waals surface area contributed by atoms with E-state index in [0.717, 1.165) is 0 Å². The topological polar surface area (TPSA) is 23.8 Å². The smallest absolute Gasteiger partial charge is 0 e. The van der Waals surface area contributed by atoms with E-state index in [-0.39, 0.29) is 17.1 Å². The van der Waals surface area contributed by atoms with E-state index in [1.807, 2.05) is 5.40 Å². The summed E-state index contributed by atoms with van der Waals surface area (Å²) in [5.41, 5.74) is 0. The van der Waals surface area contributed by atoms with E-state index in [1.54, 1.807) is 0 Å². The van der Waals surface area contributed by atoms with Crippen LogP contribution in [0.4, 0.5) is 0 Å². The largest absolute Gasteiger partial charge is 0 e. The fourth-order valence-corrected chi connectivity index (χ4v) is 0. The van der Waals surface area contributed by atoms with Crippen molar-refractivity contribution in [3.63, 3.8) is 0 Å². The molecule has 1 radical (unpaired) electrons. The standard InChI is InChI=1S/CHNS.Cu.Hg/c2-1-3;;/h3H;;/q;;+1/p-1. The molecule has 5 heavy (non-hydrogen) atoms. The van der Waals surface area contributed by atoms with E-state index >= 15 is 0 Å². The van der Waals surface area contributed by atoms with Crippen molar-refractivity contribution in [3.8, 4) is 5.40 Å². The third-order valence-corrected chi connectivity index (χ3v) is 1.70. The summed E-state index contributed by atoms with van der Waals surface area (Å²) in [6.07, 6.45) is 0. The molecule has 4 heteroatoms. The van der Waals surface area contributed by atoms with Gasteiger partial charge in [0.1, 0.15) is 0 Å². The molecule has 0 rings (SSSR count). The minimum absolute atomic E-state index is 0. The molecule has 0 spiro atoms. The first-order valence-corrected chi connectivity index (χ1v) is 8.44. The van der Waals surface area contributed by atoms with Crippen LogP contribution in [0.15, 0.2) is 0 Å². The van der Waals surface area contributed by atoms with Crippen molar-refractivity contribution in [2.45, 2.75) is 0 Å². The molecule has 0 aromatic rings. The molecule has 0 aromatic heterocycles. The van der Waals surface area contributed by atoms with Crippen LogP contribution in [0.1, 0.15) is 0 Å². The van der Waals surface area contributed by atoms with Gasteiger partial charge in [-0.3, -0.25) is 0 Å². The Balaban J connectivity index is 0. The average molecular weight is 322 g/mol. The summed E-state index contributed by atoms with van der Waals surface area (Å²) in [5.74, 6) is 0. The first-order chi connectivity index (χ1) is 1.91. The Morgan fingerprint density at radius 1 is 1.80 bits per heavy atom. The summed E-state index contributed by atoms with van der Waals surface area (Å²) < 4.78 is 0. The van der Waals surface area contributed by atoms with Gasteiger partial charge in [-0.05, 0) is 0 Å². The molecule has 1 nitrogen and oxygen atoms in total. The van der Waals surface area contributed by atoms with Crippen LogP contribution in [0.2, 0.25) is 0 Å². The Bertz CT molecular complexity index is 41.4. The van der Waals surface area contributed by atoms with Crippen molar-refractivity contribution in [1.29, 1.82) is 5.26 Å². The Labute approximate surface area is 60.1 Å². The number of nitrogens with zero attached hydrogens (tertiary/aromatic N) is 1. The molecule has 0 heterocycles. The number of rotatable bonds is 0. The van der Waals surface area contributed by atoms with E-state index in [0.29, 0.717) is 24.6 Å². The Morgan fingerprint density at radius 3 is 2.00 bits per heavy atom. The number of thiocyanates is 1. The van der Waals surface area contributed by atoms with Gasteiger partial charge in [-0.1, -0.05) is 0 Å². The van der Waals surface area contributed by atoms with Crippen LogP contribution in [0.3, 0.4) is 0 Å². The summed E-state index contributed by atoms with van der Waals surface area (Å²) in [4.78, 5) is 0. The van der Waals surface area contributed by atoms with Crippen LogP contribution in [-0.4, -0.2) is 0 Å². The molecule has 0 unspecified atom stereocenters. The zero-order valence-corrected chi connectivity index (χ0v) is 9.62. The third-order valence-electron chi connectivity index (χ3n) is 0.0645. The molecule has 0 atom stereocenters. The van der Waals surface area contributed by atoms with E-state index in [1.165, 1.54) is 8.24 Å². The van der Waals surface area contributed by atoms with Gasteiger partial charge in [0.25, 0.3) is 0 Å². The molecule has 0 amide bonds. The molecule has 0 N–H and O–H groups in total. The summed E-state index contributed by atoms with van der Waals surface area (Å²) >= 11 is 0.629. The Hall–Kier alpha value is 1.29. The molecule has 0 aromatic carbocycles.